The number of amides is 1. The van der Waals surface area contributed by atoms with Crippen molar-refractivity contribution in [3.8, 4) is 0 Å². The quantitative estimate of drug-likeness (QED) is 0.814. The van der Waals surface area contributed by atoms with E-state index in [2.05, 4.69) is 0 Å². The summed E-state index contributed by atoms with van der Waals surface area (Å²) in [6, 6.07) is 5.74. The van der Waals surface area contributed by atoms with Gasteiger partial charge >= 0.3 is 0 Å². The van der Waals surface area contributed by atoms with Crippen molar-refractivity contribution in [2.75, 3.05) is 0 Å². The van der Waals surface area contributed by atoms with Crippen molar-refractivity contribution in [2.24, 2.45) is 0 Å². The van der Waals surface area contributed by atoms with Gasteiger partial charge in [0, 0.05) is 12.1 Å². The van der Waals surface area contributed by atoms with Gasteiger partial charge in [0.2, 0.25) is 0 Å². The fraction of sp³-hybridized carbons (Fsp3) is 0.462. The molecule has 1 aromatic rings. The molecule has 0 aromatic heterocycles. The number of hydrogen-bond acceptors (Lipinski definition) is 1. The van der Waals surface area contributed by atoms with E-state index in [1.165, 1.54) is 0 Å². The molecule has 1 saturated carbocycles. The molecule has 92 valence electrons. The number of nitrogens with zero attached hydrogens (tertiary/aromatic N) is 1. The van der Waals surface area contributed by atoms with Gasteiger partial charge in [-0.3, -0.25) is 4.79 Å². The molecular weight excluding hydrogens is 257 g/mol. The molecule has 0 spiro atoms. The smallest absolute Gasteiger partial charge is 0.255 e. The minimum Gasteiger partial charge on any atom is -0.333 e. The van der Waals surface area contributed by atoms with Crippen LogP contribution in [0.3, 0.4) is 0 Å². The maximum absolute atomic E-state index is 12.4. The lowest BCUT2D eigenvalue weighted by Crippen LogP contribution is -2.38. The first-order valence-electron chi connectivity index (χ1n) is 5.79. The molecule has 1 fully saturated rings. The number of carbonyl (C=O) groups excluding carboxylic acids is 1. The molecule has 1 amide bonds. The monoisotopic (exact) mass is 271 g/mol. The van der Waals surface area contributed by atoms with Crippen molar-refractivity contribution in [3.05, 3.63) is 33.8 Å². The predicted molar refractivity (Wildman–Crippen MR) is 70.8 cm³/mol. The highest BCUT2D eigenvalue weighted by molar-refractivity contribution is 6.43. The molecule has 0 saturated heterocycles. The Morgan fingerprint density at radius 1 is 1.35 bits per heavy atom. The molecule has 1 aliphatic carbocycles. The van der Waals surface area contributed by atoms with Crippen LogP contribution in [0.4, 0.5) is 0 Å². The fourth-order valence-corrected chi connectivity index (χ4v) is 2.36. The van der Waals surface area contributed by atoms with Crippen molar-refractivity contribution in [1.29, 1.82) is 0 Å². The molecule has 4 heteroatoms. The lowest BCUT2D eigenvalue weighted by Gasteiger charge is -2.27. The third-order valence-corrected chi connectivity index (χ3v) is 3.73. The van der Waals surface area contributed by atoms with Crippen LogP contribution in [0.15, 0.2) is 18.2 Å². The van der Waals surface area contributed by atoms with Gasteiger partial charge in [-0.1, -0.05) is 29.3 Å². The van der Waals surface area contributed by atoms with Crippen LogP contribution in [-0.2, 0) is 0 Å². The highest BCUT2D eigenvalue weighted by Gasteiger charge is 2.35. The van der Waals surface area contributed by atoms with E-state index in [1.54, 1.807) is 18.2 Å². The molecule has 1 aromatic carbocycles. The van der Waals surface area contributed by atoms with Crippen LogP contribution in [0.25, 0.3) is 0 Å². The van der Waals surface area contributed by atoms with E-state index in [0.29, 0.717) is 21.7 Å². The van der Waals surface area contributed by atoms with Crippen LogP contribution >= 0.6 is 23.2 Å². The Labute approximate surface area is 112 Å². The minimum absolute atomic E-state index is 0.0185. The van der Waals surface area contributed by atoms with Gasteiger partial charge < -0.3 is 4.90 Å². The summed E-state index contributed by atoms with van der Waals surface area (Å²) < 4.78 is 0. The van der Waals surface area contributed by atoms with Crippen LogP contribution in [-0.4, -0.2) is 22.9 Å². The van der Waals surface area contributed by atoms with Crippen LogP contribution < -0.4 is 0 Å². The highest BCUT2D eigenvalue weighted by Crippen LogP contribution is 2.33. The van der Waals surface area contributed by atoms with E-state index in [4.69, 9.17) is 23.2 Å². The first-order chi connectivity index (χ1) is 8.02. The SMILES string of the molecule is CC(C)N(C(=O)c1cccc(Cl)c1Cl)C1CC1. The first-order valence-corrected chi connectivity index (χ1v) is 6.54. The molecule has 2 rings (SSSR count). The van der Waals surface area contributed by atoms with Gasteiger partial charge in [-0.15, -0.1) is 0 Å². The lowest BCUT2D eigenvalue weighted by atomic mass is 10.1. The summed E-state index contributed by atoms with van der Waals surface area (Å²) in [5, 5.41) is 0.780. The second-order valence-electron chi connectivity index (χ2n) is 4.64. The Balaban J connectivity index is 2.32. The number of rotatable bonds is 3. The number of hydrogen-bond donors (Lipinski definition) is 0. The summed E-state index contributed by atoms with van der Waals surface area (Å²) in [7, 11) is 0. The Morgan fingerprint density at radius 3 is 2.53 bits per heavy atom. The average Bonchev–Trinajstić information content (AvgIpc) is 3.06. The summed E-state index contributed by atoms with van der Waals surface area (Å²) >= 11 is 12.0. The van der Waals surface area contributed by atoms with E-state index in [1.807, 2.05) is 18.7 Å². The van der Waals surface area contributed by atoms with Crippen molar-refractivity contribution in [3.63, 3.8) is 0 Å². The molecular formula is C13H15Cl2NO. The predicted octanol–water partition coefficient (Wildman–Crippen LogP) is 4.01. The molecule has 0 unspecified atom stereocenters. The lowest BCUT2D eigenvalue weighted by molar-refractivity contribution is 0.0690. The van der Waals surface area contributed by atoms with E-state index in [0.717, 1.165) is 12.8 Å². The molecule has 0 atom stereocenters. The van der Waals surface area contributed by atoms with Crippen LogP contribution in [0.5, 0.6) is 0 Å². The van der Waals surface area contributed by atoms with Gasteiger partial charge in [0.25, 0.3) is 5.91 Å². The molecule has 1 aliphatic rings. The van der Waals surface area contributed by atoms with Gasteiger partial charge in [-0.05, 0) is 38.8 Å². The summed E-state index contributed by atoms with van der Waals surface area (Å²) in [5.41, 5.74) is 0.500. The molecule has 0 radical (unpaired) electrons. The molecule has 17 heavy (non-hydrogen) atoms. The highest BCUT2D eigenvalue weighted by atomic mass is 35.5. The average molecular weight is 272 g/mol. The largest absolute Gasteiger partial charge is 0.333 e. The van der Waals surface area contributed by atoms with Crippen LogP contribution in [0.2, 0.25) is 10.0 Å². The van der Waals surface area contributed by atoms with Gasteiger partial charge in [-0.2, -0.15) is 0 Å². The normalized spacial score (nSPS) is 15.1. The zero-order valence-corrected chi connectivity index (χ0v) is 11.4. The summed E-state index contributed by atoms with van der Waals surface area (Å²) in [4.78, 5) is 14.3. The summed E-state index contributed by atoms with van der Waals surface area (Å²) in [6.45, 7) is 4.04. The molecule has 2 nitrogen and oxygen atoms in total. The van der Waals surface area contributed by atoms with Gasteiger partial charge in [0.1, 0.15) is 0 Å². The van der Waals surface area contributed by atoms with E-state index < -0.39 is 0 Å². The van der Waals surface area contributed by atoms with E-state index in [-0.39, 0.29) is 11.9 Å². The van der Waals surface area contributed by atoms with Gasteiger partial charge in [0.05, 0.1) is 15.6 Å². The standard InChI is InChI=1S/C13H15Cl2NO/c1-8(2)16(9-6-7-9)13(17)10-4-3-5-11(14)12(10)15/h3-5,8-9H,6-7H2,1-2H3. The summed E-state index contributed by atoms with van der Waals surface area (Å²) in [6.07, 6.45) is 2.17. The molecule has 0 heterocycles. The summed E-state index contributed by atoms with van der Waals surface area (Å²) in [5.74, 6) is -0.0185. The number of benzene rings is 1. The van der Waals surface area contributed by atoms with Crippen LogP contribution in [0.1, 0.15) is 37.0 Å². The zero-order valence-electron chi connectivity index (χ0n) is 9.91. The Morgan fingerprint density at radius 2 is 2.00 bits per heavy atom. The molecule has 0 aliphatic heterocycles. The van der Waals surface area contributed by atoms with Crippen LogP contribution in [0, 0.1) is 0 Å². The van der Waals surface area contributed by atoms with Crippen molar-refractivity contribution < 1.29 is 4.79 Å². The van der Waals surface area contributed by atoms with Crippen molar-refractivity contribution in [2.45, 2.75) is 38.8 Å². The van der Waals surface area contributed by atoms with E-state index >= 15 is 0 Å². The maximum Gasteiger partial charge on any atom is 0.255 e. The Bertz CT molecular complexity index is 439. The fourth-order valence-electron chi connectivity index (χ4n) is 1.98. The second kappa shape index (κ2) is 4.87. The first kappa shape index (κ1) is 12.7. The third-order valence-electron chi connectivity index (χ3n) is 2.91. The zero-order chi connectivity index (χ0) is 12.6. The number of carbonyl (C=O) groups is 1. The topological polar surface area (TPSA) is 20.3 Å². The number of halogens is 2. The molecule has 0 bridgehead atoms. The third kappa shape index (κ3) is 2.58. The Kier molecular flexibility index (Phi) is 3.64. The Hall–Kier alpha value is -0.730. The van der Waals surface area contributed by atoms with Gasteiger partial charge in [-0.25, -0.2) is 0 Å². The van der Waals surface area contributed by atoms with Crippen molar-refractivity contribution >= 4 is 29.1 Å². The minimum atomic E-state index is -0.0185. The van der Waals surface area contributed by atoms with E-state index in [9.17, 15) is 4.79 Å². The molecule has 0 N–H and O–H groups in total. The maximum atomic E-state index is 12.4. The second-order valence-corrected chi connectivity index (χ2v) is 5.42. The van der Waals surface area contributed by atoms with Crippen molar-refractivity contribution in [1.82, 2.24) is 4.90 Å². The van der Waals surface area contributed by atoms with Gasteiger partial charge in [0.15, 0.2) is 0 Å².